The summed E-state index contributed by atoms with van der Waals surface area (Å²) in [5.74, 6) is -17.2. The number of carbonyl (C=O) groups excluding carboxylic acids is 12. The molecular formula is C72H95N21O18S2. The van der Waals surface area contributed by atoms with E-state index in [4.69, 9.17) is 22.3 Å². The van der Waals surface area contributed by atoms with Crippen molar-refractivity contribution < 1.29 is 87.2 Å². The van der Waals surface area contributed by atoms with E-state index in [1.165, 1.54) is 29.2 Å². The van der Waals surface area contributed by atoms with Gasteiger partial charge in [-0.25, -0.2) is 9.78 Å². The van der Waals surface area contributed by atoms with Gasteiger partial charge in [0.25, 0.3) is 0 Å². The molecule has 0 unspecified atom stereocenters. The predicted octanol–water partition coefficient (Wildman–Crippen LogP) is -2.71. The average Bonchev–Trinajstić information content (AvgIpc) is 1.68. The number of amides is 12. The third kappa shape index (κ3) is 25.8. The van der Waals surface area contributed by atoms with Crippen molar-refractivity contribution in [2.24, 2.45) is 11.5 Å². The molecule has 0 aliphatic carbocycles. The summed E-state index contributed by atoms with van der Waals surface area (Å²) in [4.78, 5) is 224. The lowest BCUT2D eigenvalue weighted by Crippen LogP contribution is -2.61. The highest BCUT2D eigenvalue weighted by Gasteiger charge is 2.45. The molecule has 5 aromatic rings. The van der Waals surface area contributed by atoms with Crippen LogP contribution in [0.2, 0.25) is 0 Å². The van der Waals surface area contributed by atoms with Gasteiger partial charge in [0.1, 0.15) is 72.5 Å². The maximum absolute atomic E-state index is 15.4. The average molecular weight is 1610 g/mol. The number of hydrogen-bond donors (Lipinski definition) is 21. The topological polar surface area (TPSA) is 612 Å². The van der Waals surface area contributed by atoms with Crippen molar-refractivity contribution in [2.75, 3.05) is 37.7 Å². The van der Waals surface area contributed by atoms with Crippen LogP contribution in [0, 0.1) is 10.8 Å². The first kappa shape index (κ1) is 86.6. The first-order valence-corrected chi connectivity index (χ1v) is 39.1. The molecule has 3 fully saturated rings. The second-order valence-corrected chi connectivity index (χ2v) is 30.0. The van der Waals surface area contributed by atoms with Crippen molar-refractivity contribution >= 4 is 144 Å². The van der Waals surface area contributed by atoms with Crippen molar-refractivity contribution in [3.05, 3.63) is 102 Å². The summed E-state index contributed by atoms with van der Waals surface area (Å²) >= 11 is 0. The van der Waals surface area contributed by atoms with E-state index in [2.05, 4.69) is 78.8 Å². The molecule has 2 aromatic heterocycles. The zero-order chi connectivity index (χ0) is 82.0. The molecule has 3 aromatic carbocycles. The molecule has 23 N–H and O–H groups in total. The summed E-state index contributed by atoms with van der Waals surface area (Å²) in [5, 5.41) is 77.8. The van der Waals surface area contributed by atoms with Crippen LogP contribution in [0.15, 0.2) is 85.5 Å². The molecule has 0 saturated carbocycles. The van der Waals surface area contributed by atoms with E-state index >= 15 is 24.0 Å². The summed E-state index contributed by atoms with van der Waals surface area (Å²) in [7, 11) is 1.80. The number of likely N-dealkylation sites (tertiary alicyclic amines) is 2. The van der Waals surface area contributed by atoms with Gasteiger partial charge < -0.3 is 110 Å². The van der Waals surface area contributed by atoms with E-state index in [1.54, 1.807) is 54.7 Å². The molecular weight excluding hydrogens is 1510 g/mol. The maximum atomic E-state index is 15.4. The number of imidazole rings is 1. The van der Waals surface area contributed by atoms with Gasteiger partial charge in [-0.3, -0.25) is 77.9 Å². The number of benzene rings is 3. The van der Waals surface area contributed by atoms with E-state index < -0.39 is 192 Å². The summed E-state index contributed by atoms with van der Waals surface area (Å²) in [6.45, 7) is 2.35. The Kier molecular flexibility index (Phi) is 32.0. The number of nitrogens with one attached hydrogen (secondary N) is 16. The van der Waals surface area contributed by atoms with Gasteiger partial charge in [-0.2, -0.15) is 0 Å². The number of H-pyrrole nitrogens is 2. The van der Waals surface area contributed by atoms with Gasteiger partial charge in [0.2, 0.25) is 70.9 Å². The Morgan fingerprint density at radius 2 is 1.19 bits per heavy atom. The van der Waals surface area contributed by atoms with Crippen molar-refractivity contribution in [1.29, 1.82) is 10.8 Å². The number of rotatable bonds is 27. The molecule has 12 atom stereocenters. The number of para-hydroxylation sites is 1. The van der Waals surface area contributed by atoms with Crippen LogP contribution in [0.25, 0.3) is 21.7 Å². The SMILES string of the molecule is CC(=O)N[C@H]1CSSC[C@@H](C(=O)N2CCC[C@H]2C(=O)N2CCC[C@H]2C(=O)N[C@@H](CCCNC(=N)N)C(=O)N[C@@H](CC(=O)O)C(=O)O)NC(=O)[C@H](C)NC(=O)[C@H](Cc2c[nH]c3ccccc23)NC(=O)[C@H](CCCNC(=N)N)NC(=O)[C@@H](Cc2ccc3ccccc3c2)NC(=O)[C@H](Cc2c[nH]cn2)NC(=O)[C@H](CCC(=O)O)NC1=O. The molecule has 0 spiro atoms. The lowest BCUT2D eigenvalue weighted by atomic mass is 9.99. The molecule has 5 heterocycles. The minimum Gasteiger partial charge on any atom is -0.481 e. The molecule has 0 radical (unpaired) electrons. The van der Waals surface area contributed by atoms with Gasteiger partial charge in [-0.1, -0.05) is 82.3 Å². The number of carboxylic acid groups (broad SMARTS) is 3. The molecule has 0 bridgehead atoms. The van der Waals surface area contributed by atoms with Crippen LogP contribution < -0.4 is 75.3 Å². The number of fused-ring (bicyclic) bond motifs is 2. The highest BCUT2D eigenvalue weighted by atomic mass is 33.1. The summed E-state index contributed by atoms with van der Waals surface area (Å²) < 4.78 is 0. The minimum absolute atomic E-state index is 0.00979. The second-order valence-electron chi connectivity index (χ2n) is 27.5. The van der Waals surface area contributed by atoms with Crippen molar-refractivity contribution in [3.63, 3.8) is 0 Å². The van der Waals surface area contributed by atoms with E-state index in [9.17, 15) is 63.3 Å². The standard InChI is InChI=1S/C72H95N21O18S2/c1-37-59(99)91-54(68(108)93-26-10-18-56(93)69(109)92-25-9-17-55(92)67(107)86-47(16-8-24-79-72(75)76)61(101)90-52(70(110)111)31-58(97)98)35-113-112-34-53(83-38(2)94)66(106)85-48(21-22-57(95)96)62(102)89-51(30-43-33-77-36-81-43)65(105)87-49(28-39-19-20-40-11-3-4-12-41(40)27-39)64(104)84-46(15-7-23-78-71(73)74)60(100)88-50(63(103)82-37)29-42-32-80-45-14-6-5-13-44(42)45/h3-6,11-14,19-20,27,32-33,36-37,46-56,80H,7-10,15-18,21-26,28-31,34-35H2,1-2H3,(H,77,81)(H,82,103)(H,83,94)(H,84,104)(H,85,106)(H,86,107)(H,87,105)(H,88,100)(H,89,102)(H,90,101)(H,91,99)(H,95,96)(H,97,98)(H,110,111)(H4,73,74,78)(H4,75,76,79)/t37-,46-,47-,48-,49+,50-,51-,52-,53-,54-,55-,56-/m0/s1. The zero-order valence-electron chi connectivity index (χ0n) is 61.9. The first-order valence-electron chi connectivity index (χ1n) is 36.6. The Bertz CT molecular complexity index is 4340. The van der Waals surface area contributed by atoms with Crippen molar-refractivity contribution in [3.8, 4) is 0 Å². The lowest BCUT2D eigenvalue weighted by Gasteiger charge is -2.33. The monoisotopic (exact) mass is 1610 g/mol. The van der Waals surface area contributed by atoms with Crippen molar-refractivity contribution in [2.45, 2.75) is 176 Å². The van der Waals surface area contributed by atoms with E-state index in [-0.39, 0.29) is 114 Å². The third-order valence-electron chi connectivity index (χ3n) is 19.0. The van der Waals surface area contributed by atoms with Crippen molar-refractivity contribution in [1.82, 2.24) is 88.6 Å². The third-order valence-corrected chi connectivity index (χ3v) is 21.4. The Morgan fingerprint density at radius 3 is 1.84 bits per heavy atom. The fourth-order valence-corrected chi connectivity index (χ4v) is 15.6. The first-order chi connectivity index (χ1) is 53.9. The van der Waals surface area contributed by atoms with Crippen LogP contribution in [-0.2, 0) is 91.2 Å². The smallest absolute Gasteiger partial charge is 0.326 e. The molecule has 12 amide bonds. The number of aromatic amines is 2. The number of aromatic nitrogens is 3. The van der Waals surface area contributed by atoms with Crippen LogP contribution in [0.1, 0.15) is 101 Å². The van der Waals surface area contributed by atoms with Crippen LogP contribution in [-0.4, -0.2) is 251 Å². The fourth-order valence-electron chi connectivity index (χ4n) is 13.3. The largest absolute Gasteiger partial charge is 0.481 e. The molecule has 39 nitrogen and oxygen atoms in total. The predicted molar refractivity (Wildman–Crippen MR) is 412 cm³/mol. The van der Waals surface area contributed by atoms with Gasteiger partial charge in [0.05, 0.1) is 18.4 Å². The summed E-state index contributed by atoms with van der Waals surface area (Å²) in [5.41, 5.74) is 13.0. The zero-order valence-corrected chi connectivity index (χ0v) is 63.6. The number of guanidine groups is 2. The number of carbonyl (C=O) groups is 15. The molecule has 3 saturated heterocycles. The second kappa shape index (κ2) is 41.8. The quantitative estimate of drug-likeness (QED) is 0.0110. The number of hydrogen-bond acceptors (Lipinski definition) is 20. The number of nitrogens with zero attached hydrogens (tertiary/aromatic N) is 3. The Morgan fingerprint density at radius 1 is 0.611 bits per heavy atom. The molecule has 8 rings (SSSR count). The van der Waals surface area contributed by atoms with Crippen LogP contribution >= 0.6 is 21.6 Å². The molecule has 3 aliphatic rings. The normalized spacial score (nSPS) is 22.5. The minimum atomic E-state index is -1.90. The van der Waals surface area contributed by atoms with E-state index in [0.717, 1.165) is 39.3 Å². The molecule has 608 valence electrons. The van der Waals surface area contributed by atoms with Crippen LogP contribution in [0.5, 0.6) is 0 Å². The van der Waals surface area contributed by atoms with Crippen LogP contribution in [0.4, 0.5) is 0 Å². The van der Waals surface area contributed by atoms with Gasteiger partial charge in [-0.15, -0.1) is 0 Å². The molecule has 3 aliphatic heterocycles. The van der Waals surface area contributed by atoms with Gasteiger partial charge in [-0.05, 0) is 92.7 Å². The Hall–Kier alpha value is -12.0. The number of nitrogens with two attached hydrogens (primary N) is 2. The number of carboxylic acids is 3. The maximum Gasteiger partial charge on any atom is 0.326 e. The fraction of sp³-hybridized carbons (Fsp3) is 0.472. The lowest BCUT2D eigenvalue weighted by molar-refractivity contribution is -0.148. The van der Waals surface area contributed by atoms with E-state index in [0.29, 0.717) is 22.0 Å². The van der Waals surface area contributed by atoms with E-state index in [1.807, 2.05) is 18.2 Å². The van der Waals surface area contributed by atoms with Gasteiger partial charge >= 0.3 is 17.9 Å². The Balaban J connectivity index is 1.14. The van der Waals surface area contributed by atoms with Crippen LogP contribution in [0.3, 0.4) is 0 Å². The molecule has 41 heteroatoms. The van der Waals surface area contributed by atoms with Gasteiger partial charge in [0.15, 0.2) is 11.9 Å². The summed E-state index contributed by atoms with van der Waals surface area (Å²) in [6.07, 6.45) is 1.59. The highest BCUT2D eigenvalue weighted by Crippen LogP contribution is 2.29. The summed E-state index contributed by atoms with van der Waals surface area (Å²) in [6, 6.07) is 1.11. The number of aliphatic carboxylic acids is 3. The molecule has 113 heavy (non-hydrogen) atoms. The Labute approximate surface area is 655 Å². The van der Waals surface area contributed by atoms with Gasteiger partial charge in [0, 0.05) is 93.6 Å². The highest BCUT2D eigenvalue weighted by molar-refractivity contribution is 8.76.